The molecule has 1 aromatic carbocycles. The maximum Gasteiger partial charge on any atom is 0.291 e. The lowest BCUT2D eigenvalue weighted by Gasteiger charge is -2.33. The van der Waals surface area contributed by atoms with Gasteiger partial charge in [-0.05, 0) is 25.7 Å². The van der Waals surface area contributed by atoms with Crippen LogP contribution in [0.1, 0.15) is 37.1 Å². The van der Waals surface area contributed by atoms with E-state index in [-0.39, 0.29) is 17.0 Å². The molecule has 2 N–H and O–H groups in total. The van der Waals surface area contributed by atoms with E-state index in [1.54, 1.807) is 25.4 Å². The molecule has 0 bridgehead atoms. The Morgan fingerprint density at radius 1 is 1.34 bits per heavy atom. The first-order valence-corrected chi connectivity index (χ1v) is 13.0. The average Bonchev–Trinajstić information content (AvgIpc) is 3.27. The van der Waals surface area contributed by atoms with Gasteiger partial charge in [0, 0.05) is 43.6 Å². The molecule has 5 rings (SSSR count). The zero-order chi connectivity index (χ0) is 24.7. The Hall–Kier alpha value is -2.86. The Labute approximate surface area is 206 Å². The first kappa shape index (κ1) is 23.9. The highest BCUT2D eigenvalue weighted by atomic mass is 32.2. The van der Waals surface area contributed by atoms with Gasteiger partial charge < -0.3 is 14.8 Å². The third-order valence-corrected chi connectivity index (χ3v) is 8.50. The van der Waals surface area contributed by atoms with Crippen LogP contribution in [0.25, 0.3) is 16.0 Å². The van der Waals surface area contributed by atoms with Gasteiger partial charge in [0.25, 0.3) is 6.43 Å². The quantitative estimate of drug-likeness (QED) is 0.454. The summed E-state index contributed by atoms with van der Waals surface area (Å²) in [5, 5.41) is 24.4. The lowest BCUT2D eigenvalue weighted by molar-refractivity contribution is -0.125. The number of nitrogens with zero attached hydrogens (tertiary/aromatic N) is 6. The maximum atomic E-state index is 13.2. The highest BCUT2D eigenvalue weighted by Gasteiger charge is 2.48. The Bertz CT molecular complexity index is 1290. The summed E-state index contributed by atoms with van der Waals surface area (Å²) in [6, 6.07) is 5.65. The van der Waals surface area contributed by atoms with Gasteiger partial charge in [0.1, 0.15) is 5.54 Å². The number of nitriles is 1. The number of hydrogen-bond acceptors (Lipinski definition) is 9. The number of carbonyl (C=O) groups excluding carboxylic acids is 1. The molecule has 2 fully saturated rings. The molecule has 1 saturated carbocycles. The van der Waals surface area contributed by atoms with E-state index in [1.165, 1.54) is 4.68 Å². The van der Waals surface area contributed by atoms with Gasteiger partial charge in [-0.3, -0.25) is 4.79 Å². The zero-order valence-electron chi connectivity index (χ0n) is 18.7. The van der Waals surface area contributed by atoms with E-state index in [4.69, 9.17) is 0 Å². The molecule has 14 heteroatoms. The fraction of sp³-hybridized carbons (Fsp3) is 0.476. The smallest absolute Gasteiger partial charge is 0.291 e. The van der Waals surface area contributed by atoms with E-state index in [0.717, 1.165) is 22.4 Å². The number of halogens is 2. The van der Waals surface area contributed by atoms with Gasteiger partial charge in [0.05, 0.1) is 34.8 Å². The summed E-state index contributed by atoms with van der Waals surface area (Å²) in [7, 11) is 1.62. The molecule has 1 atom stereocenters. The molecule has 1 unspecified atom stereocenters. The SMILES string of the molecule is CNC(=O)C1CCN(c2cc([S+]([O-])NC3(C#N)CC3)cc3c2cnn3-c2nnc(C(F)F)s2)CC1. The fourth-order valence-corrected chi connectivity index (χ4v) is 6.02. The number of benzene rings is 1. The van der Waals surface area contributed by atoms with Crippen LogP contribution in [0, 0.1) is 17.2 Å². The van der Waals surface area contributed by atoms with Crippen molar-refractivity contribution in [2.24, 2.45) is 5.92 Å². The molecular formula is C21H22F2N8O2S2. The predicted molar refractivity (Wildman–Crippen MR) is 126 cm³/mol. The Balaban J connectivity index is 1.54. The molecule has 2 aromatic heterocycles. The summed E-state index contributed by atoms with van der Waals surface area (Å²) in [5.74, 6) is -0.0630. The van der Waals surface area contributed by atoms with E-state index in [1.807, 2.05) is 0 Å². The molecule has 1 aliphatic heterocycles. The molecule has 1 saturated heterocycles. The molecule has 35 heavy (non-hydrogen) atoms. The summed E-state index contributed by atoms with van der Waals surface area (Å²) in [6.45, 7) is 1.22. The monoisotopic (exact) mass is 520 g/mol. The highest BCUT2D eigenvalue weighted by molar-refractivity contribution is 7.89. The number of alkyl halides is 2. The van der Waals surface area contributed by atoms with Crippen LogP contribution < -0.4 is 14.9 Å². The Kier molecular flexibility index (Phi) is 6.34. The molecule has 0 radical (unpaired) electrons. The summed E-state index contributed by atoms with van der Waals surface area (Å²) in [4.78, 5) is 14.6. The second-order valence-corrected chi connectivity index (χ2v) is 10.8. The summed E-state index contributed by atoms with van der Waals surface area (Å²) in [5.41, 5.74) is 0.520. The number of fused-ring (bicyclic) bond motifs is 1. The van der Waals surface area contributed by atoms with E-state index >= 15 is 0 Å². The van der Waals surface area contributed by atoms with Crippen molar-refractivity contribution in [3.8, 4) is 11.2 Å². The summed E-state index contributed by atoms with van der Waals surface area (Å²) < 4.78 is 43.7. The average molecular weight is 521 g/mol. The van der Waals surface area contributed by atoms with Gasteiger partial charge in [-0.25, -0.2) is 13.5 Å². The van der Waals surface area contributed by atoms with Gasteiger partial charge in [-0.15, -0.1) is 14.9 Å². The van der Waals surface area contributed by atoms with Crippen molar-refractivity contribution in [1.29, 1.82) is 5.26 Å². The van der Waals surface area contributed by atoms with Crippen molar-refractivity contribution >= 4 is 45.2 Å². The van der Waals surface area contributed by atoms with Crippen molar-refractivity contribution in [1.82, 2.24) is 30.0 Å². The van der Waals surface area contributed by atoms with Crippen LogP contribution in [-0.4, -0.2) is 56.1 Å². The number of anilines is 1. The normalized spacial score (nSPS) is 18.6. The third kappa shape index (κ3) is 4.56. The van der Waals surface area contributed by atoms with E-state index in [9.17, 15) is 23.4 Å². The topological polar surface area (TPSA) is 135 Å². The molecule has 3 aromatic rings. The van der Waals surface area contributed by atoms with Crippen molar-refractivity contribution < 1.29 is 18.1 Å². The van der Waals surface area contributed by atoms with Gasteiger partial charge >= 0.3 is 0 Å². The van der Waals surface area contributed by atoms with Crippen LogP contribution in [0.5, 0.6) is 0 Å². The Morgan fingerprint density at radius 2 is 2.09 bits per heavy atom. The Morgan fingerprint density at radius 3 is 2.69 bits per heavy atom. The van der Waals surface area contributed by atoms with E-state index < -0.39 is 28.3 Å². The number of aromatic nitrogens is 4. The van der Waals surface area contributed by atoms with Crippen LogP contribution in [0.4, 0.5) is 14.5 Å². The summed E-state index contributed by atoms with van der Waals surface area (Å²) in [6.07, 6.45) is 1.44. The largest absolute Gasteiger partial charge is 0.593 e. The van der Waals surface area contributed by atoms with Crippen molar-refractivity contribution in [2.75, 3.05) is 25.0 Å². The molecule has 2 aliphatic rings. The highest BCUT2D eigenvalue weighted by Crippen LogP contribution is 2.38. The van der Waals surface area contributed by atoms with Gasteiger partial charge in [0.2, 0.25) is 11.0 Å². The standard InChI is InChI=1S/C21H22F2N8O2S2/c1-25-18(32)12-2-6-30(7-3-12)15-8-13(35(33)29-21(11-24)4-5-21)9-16-14(15)10-26-31(16)20-28-27-19(34-20)17(22)23/h8-10,12,17,29H,2-7H2,1H3,(H,25,32). The number of piperidine rings is 1. The number of hydrogen-bond donors (Lipinski definition) is 2. The van der Waals surface area contributed by atoms with Crippen LogP contribution in [0.2, 0.25) is 0 Å². The van der Waals surface area contributed by atoms with Crippen LogP contribution >= 0.6 is 11.3 Å². The van der Waals surface area contributed by atoms with Gasteiger partial charge in [0.15, 0.2) is 9.90 Å². The number of carbonyl (C=O) groups is 1. The molecule has 10 nitrogen and oxygen atoms in total. The van der Waals surface area contributed by atoms with Gasteiger partial charge in [-0.2, -0.15) is 10.4 Å². The number of rotatable bonds is 7. The zero-order valence-corrected chi connectivity index (χ0v) is 20.3. The van der Waals surface area contributed by atoms with Crippen LogP contribution in [0.3, 0.4) is 0 Å². The van der Waals surface area contributed by atoms with E-state index in [2.05, 4.69) is 36.3 Å². The van der Waals surface area contributed by atoms with Gasteiger partial charge in [-0.1, -0.05) is 11.3 Å². The third-order valence-electron chi connectivity index (χ3n) is 6.36. The summed E-state index contributed by atoms with van der Waals surface area (Å²) >= 11 is -0.950. The molecule has 0 spiro atoms. The van der Waals surface area contributed by atoms with Crippen LogP contribution in [0.15, 0.2) is 23.2 Å². The van der Waals surface area contributed by atoms with Crippen molar-refractivity contribution in [3.63, 3.8) is 0 Å². The molecule has 1 aliphatic carbocycles. The fourth-order valence-electron chi connectivity index (χ4n) is 4.19. The van der Waals surface area contributed by atoms with Crippen molar-refractivity contribution in [3.05, 3.63) is 23.3 Å². The lowest BCUT2D eigenvalue weighted by Crippen LogP contribution is -2.40. The molecule has 3 heterocycles. The number of nitrogens with one attached hydrogen (secondary N) is 2. The van der Waals surface area contributed by atoms with Crippen LogP contribution in [-0.2, 0) is 16.2 Å². The maximum absolute atomic E-state index is 13.2. The minimum absolute atomic E-state index is 0.0130. The van der Waals surface area contributed by atoms with E-state index in [0.29, 0.717) is 49.2 Å². The first-order chi connectivity index (χ1) is 16.8. The predicted octanol–water partition coefficient (Wildman–Crippen LogP) is 2.45. The molecule has 184 valence electrons. The second kappa shape index (κ2) is 9.30. The van der Waals surface area contributed by atoms with Crippen molar-refractivity contribution in [2.45, 2.75) is 42.5 Å². The molecule has 1 amide bonds. The second-order valence-electron chi connectivity index (χ2n) is 8.60. The minimum atomic E-state index is -2.74. The minimum Gasteiger partial charge on any atom is -0.593 e. The number of amides is 1. The first-order valence-electron chi connectivity index (χ1n) is 11.1. The molecular weight excluding hydrogens is 498 g/mol. The lowest BCUT2D eigenvalue weighted by atomic mass is 9.95.